The molecule has 0 aliphatic rings. The fraction of sp³-hybridized carbons (Fsp3) is 0.429. The van der Waals surface area contributed by atoms with E-state index in [9.17, 15) is 4.79 Å². The molecule has 1 aromatic carbocycles. The Bertz CT molecular complexity index is 1010. The van der Waals surface area contributed by atoms with Crippen LogP contribution in [0, 0.1) is 6.92 Å². The molecule has 3 aromatic rings. The van der Waals surface area contributed by atoms with E-state index in [1.165, 1.54) is 0 Å². The van der Waals surface area contributed by atoms with Gasteiger partial charge in [0, 0.05) is 17.8 Å². The highest BCUT2D eigenvalue weighted by atomic mass is 16.5. The normalized spacial score (nSPS) is 11.5. The molecule has 0 radical (unpaired) electrons. The van der Waals surface area contributed by atoms with Crippen LogP contribution in [-0.2, 0) is 13.0 Å². The smallest absolute Gasteiger partial charge is 0.278 e. The van der Waals surface area contributed by atoms with Crippen LogP contribution < -0.4 is 10.3 Å². The van der Waals surface area contributed by atoms with E-state index >= 15 is 0 Å². The number of aryl methyl sites for hydroxylation is 2. The van der Waals surface area contributed by atoms with E-state index in [1.807, 2.05) is 36.6 Å². The molecule has 3 rings (SSSR count). The zero-order valence-electron chi connectivity index (χ0n) is 16.5. The predicted molar refractivity (Wildman–Crippen MR) is 105 cm³/mol. The van der Waals surface area contributed by atoms with E-state index in [2.05, 4.69) is 26.8 Å². The standard InChI is InChI=1S/C21H27N3O2/c1-7-15-12-16(26-6)9-10-17(15)20-22-24-14(5)11-18(13(3)4)19(24)21(25)23(20)8-2/h9-13H,7-8H2,1-6H3. The molecular formula is C21H27N3O2. The minimum atomic E-state index is 0.0205. The zero-order chi connectivity index (χ0) is 19.0. The third-order valence-electron chi connectivity index (χ3n) is 4.95. The fourth-order valence-corrected chi connectivity index (χ4v) is 3.51. The molecular weight excluding hydrogens is 326 g/mol. The van der Waals surface area contributed by atoms with Gasteiger partial charge in [-0.1, -0.05) is 20.8 Å². The van der Waals surface area contributed by atoms with E-state index in [4.69, 9.17) is 9.84 Å². The molecule has 0 saturated carbocycles. The van der Waals surface area contributed by atoms with Crippen molar-refractivity contribution in [3.05, 3.63) is 51.4 Å². The predicted octanol–water partition coefficient (Wildman–Crippen LogP) is 4.19. The number of ether oxygens (including phenoxy) is 1. The van der Waals surface area contributed by atoms with Crippen molar-refractivity contribution >= 4 is 5.52 Å². The van der Waals surface area contributed by atoms with Gasteiger partial charge < -0.3 is 4.74 Å². The van der Waals surface area contributed by atoms with Crippen LogP contribution >= 0.6 is 0 Å². The van der Waals surface area contributed by atoms with Gasteiger partial charge in [0.05, 0.1) is 7.11 Å². The lowest BCUT2D eigenvalue weighted by atomic mass is 10.0. The SMILES string of the molecule is CCc1cc(OC)ccc1-c1nn2c(C)cc(C(C)C)c2c(=O)n1CC. The summed E-state index contributed by atoms with van der Waals surface area (Å²) in [5, 5.41) is 4.88. The molecule has 138 valence electrons. The highest BCUT2D eigenvalue weighted by molar-refractivity contribution is 5.65. The summed E-state index contributed by atoms with van der Waals surface area (Å²) in [4.78, 5) is 13.3. The van der Waals surface area contributed by atoms with Crippen LogP contribution in [0.3, 0.4) is 0 Å². The monoisotopic (exact) mass is 353 g/mol. The van der Waals surface area contributed by atoms with Crippen LogP contribution in [-0.4, -0.2) is 21.3 Å². The highest BCUT2D eigenvalue weighted by Crippen LogP contribution is 2.28. The quantitative estimate of drug-likeness (QED) is 0.691. The minimum absolute atomic E-state index is 0.0205. The Balaban J connectivity index is 2.38. The lowest BCUT2D eigenvalue weighted by molar-refractivity contribution is 0.414. The van der Waals surface area contributed by atoms with Crippen LogP contribution in [0.5, 0.6) is 5.75 Å². The van der Waals surface area contributed by atoms with Crippen LogP contribution in [0.15, 0.2) is 29.1 Å². The van der Waals surface area contributed by atoms with Crippen LogP contribution in [0.1, 0.15) is 50.4 Å². The fourth-order valence-electron chi connectivity index (χ4n) is 3.51. The first kappa shape index (κ1) is 18.2. The van der Waals surface area contributed by atoms with Crippen molar-refractivity contribution in [1.29, 1.82) is 0 Å². The third-order valence-corrected chi connectivity index (χ3v) is 4.95. The molecule has 0 aliphatic heterocycles. The maximum atomic E-state index is 13.3. The summed E-state index contributed by atoms with van der Waals surface area (Å²) in [5.41, 5.74) is 4.85. The molecule has 5 nitrogen and oxygen atoms in total. The molecule has 0 atom stereocenters. The lowest BCUT2D eigenvalue weighted by Crippen LogP contribution is -2.26. The van der Waals surface area contributed by atoms with Gasteiger partial charge >= 0.3 is 0 Å². The molecule has 0 N–H and O–H groups in total. The first-order valence-corrected chi connectivity index (χ1v) is 9.23. The Morgan fingerprint density at radius 3 is 2.50 bits per heavy atom. The summed E-state index contributed by atoms with van der Waals surface area (Å²) in [5.74, 6) is 1.80. The summed E-state index contributed by atoms with van der Waals surface area (Å²) in [6, 6.07) is 8.02. The minimum Gasteiger partial charge on any atom is -0.497 e. The van der Waals surface area contributed by atoms with Crippen LogP contribution in [0.25, 0.3) is 16.9 Å². The van der Waals surface area contributed by atoms with Gasteiger partial charge in [-0.3, -0.25) is 9.36 Å². The van der Waals surface area contributed by atoms with Crippen LogP contribution in [0.4, 0.5) is 0 Å². The van der Waals surface area contributed by atoms with Crippen molar-refractivity contribution in [2.75, 3.05) is 7.11 Å². The second-order valence-corrected chi connectivity index (χ2v) is 6.91. The Kier molecular flexibility index (Phi) is 4.90. The van der Waals surface area contributed by atoms with Gasteiger partial charge in [0.2, 0.25) is 0 Å². The summed E-state index contributed by atoms with van der Waals surface area (Å²) in [6.45, 7) is 10.9. The molecule has 26 heavy (non-hydrogen) atoms. The molecule has 5 heteroatoms. The average Bonchev–Trinajstić information content (AvgIpc) is 2.98. The zero-order valence-corrected chi connectivity index (χ0v) is 16.5. The van der Waals surface area contributed by atoms with Crippen molar-refractivity contribution in [1.82, 2.24) is 14.2 Å². The van der Waals surface area contributed by atoms with Gasteiger partial charge in [-0.05, 0) is 61.6 Å². The lowest BCUT2D eigenvalue weighted by Gasteiger charge is -2.16. The van der Waals surface area contributed by atoms with Gasteiger partial charge in [-0.15, -0.1) is 5.10 Å². The Labute approximate surface area is 154 Å². The molecule has 2 heterocycles. The van der Waals surface area contributed by atoms with Gasteiger partial charge in [0.15, 0.2) is 5.82 Å². The van der Waals surface area contributed by atoms with E-state index in [0.717, 1.165) is 34.6 Å². The number of nitrogens with zero attached hydrogens (tertiary/aromatic N) is 3. The first-order chi connectivity index (χ1) is 12.4. The molecule has 0 bridgehead atoms. The van der Waals surface area contributed by atoms with Gasteiger partial charge in [0.25, 0.3) is 5.56 Å². The second kappa shape index (κ2) is 6.98. The topological polar surface area (TPSA) is 48.5 Å². The summed E-state index contributed by atoms with van der Waals surface area (Å²) in [7, 11) is 1.66. The van der Waals surface area contributed by atoms with Crippen molar-refractivity contribution in [2.24, 2.45) is 0 Å². The van der Waals surface area contributed by atoms with Gasteiger partial charge in [0.1, 0.15) is 11.3 Å². The van der Waals surface area contributed by atoms with E-state index in [0.29, 0.717) is 17.9 Å². The molecule has 0 fully saturated rings. The van der Waals surface area contributed by atoms with Crippen molar-refractivity contribution < 1.29 is 4.74 Å². The van der Waals surface area contributed by atoms with E-state index in [-0.39, 0.29) is 11.5 Å². The number of hydrogen-bond donors (Lipinski definition) is 0. The summed E-state index contributed by atoms with van der Waals surface area (Å²) < 4.78 is 8.94. The average molecular weight is 353 g/mol. The number of rotatable bonds is 5. The summed E-state index contributed by atoms with van der Waals surface area (Å²) >= 11 is 0. The van der Waals surface area contributed by atoms with Crippen molar-refractivity contribution in [2.45, 2.75) is 53.5 Å². The molecule has 0 aliphatic carbocycles. The maximum absolute atomic E-state index is 13.3. The molecule has 0 spiro atoms. The number of fused-ring (bicyclic) bond motifs is 1. The summed E-state index contributed by atoms with van der Waals surface area (Å²) in [6.07, 6.45) is 0.839. The Morgan fingerprint density at radius 1 is 1.19 bits per heavy atom. The van der Waals surface area contributed by atoms with Gasteiger partial charge in [-0.25, -0.2) is 4.52 Å². The first-order valence-electron chi connectivity index (χ1n) is 9.23. The number of benzene rings is 1. The Hall–Kier alpha value is -2.56. The van der Waals surface area contributed by atoms with Crippen LogP contribution in [0.2, 0.25) is 0 Å². The van der Waals surface area contributed by atoms with Crippen molar-refractivity contribution in [3.63, 3.8) is 0 Å². The number of methoxy groups -OCH3 is 1. The molecule has 0 saturated heterocycles. The second-order valence-electron chi connectivity index (χ2n) is 6.91. The van der Waals surface area contributed by atoms with Gasteiger partial charge in [-0.2, -0.15) is 0 Å². The molecule has 0 unspecified atom stereocenters. The van der Waals surface area contributed by atoms with E-state index < -0.39 is 0 Å². The number of hydrogen-bond acceptors (Lipinski definition) is 3. The van der Waals surface area contributed by atoms with Crippen molar-refractivity contribution in [3.8, 4) is 17.1 Å². The third kappa shape index (κ3) is 2.81. The maximum Gasteiger partial charge on any atom is 0.278 e. The Morgan fingerprint density at radius 2 is 1.92 bits per heavy atom. The molecule has 0 amide bonds. The molecule has 2 aromatic heterocycles. The number of aromatic nitrogens is 3. The largest absolute Gasteiger partial charge is 0.497 e. The highest BCUT2D eigenvalue weighted by Gasteiger charge is 2.20. The van der Waals surface area contributed by atoms with E-state index in [1.54, 1.807) is 11.7 Å².